The number of benzene rings is 1. The van der Waals surface area contributed by atoms with E-state index in [2.05, 4.69) is 20.3 Å². The third kappa shape index (κ3) is 3.77. The van der Waals surface area contributed by atoms with Gasteiger partial charge in [-0.1, -0.05) is 6.07 Å². The second-order valence-electron chi connectivity index (χ2n) is 7.36. The van der Waals surface area contributed by atoms with Crippen molar-refractivity contribution in [2.45, 2.75) is 18.3 Å². The molecule has 1 fully saturated rings. The second kappa shape index (κ2) is 7.51. The number of likely N-dealkylation sites (tertiary alicyclic amines) is 1. The van der Waals surface area contributed by atoms with E-state index in [9.17, 15) is 14.4 Å². The van der Waals surface area contributed by atoms with Crippen LogP contribution in [-0.2, 0) is 15.0 Å². The molecule has 2 amide bonds. The van der Waals surface area contributed by atoms with Crippen LogP contribution in [0.15, 0.2) is 47.4 Å². The number of rotatable bonds is 5. The van der Waals surface area contributed by atoms with Gasteiger partial charge in [0.25, 0.3) is 0 Å². The largest absolute Gasteiger partial charge is 0.369 e. The number of hydrogen-bond acceptors (Lipinski definition) is 5. The highest BCUT2D eigenvalue weighted by molar-refractivity contribution is 5.94. The molecule has 1 unspecified atom stereocenters. The molecule has 0 bridgehead atoms. The Labute approximate surface area is 166 Å². The smallest absolute Gasteiger partial charge is 0.323 e. The summed E-state index contributed by atoms with van der Waals surface area (Å²) in [6.07, 6.45) is 2.99. The van der Waals surface area contributed by atoms with Crippen LogP contribution >= 0.6 is 0 Å². The van der Waals surface area contributed by atoms with Crippen LogP contribution in [0, 0.1) is 0 Å². The number of piperidine rings is 1. The van der Waals surface area contributed by atoms with Crippen LogP contribution in [0.5, 0.6) is 0 Å². The van der Waals surface area contributed by atoms with Gasteiger partial charge >= 0.3 is 5.69 Å². The maximum absolute atomic E-state index is 12.6. The Morgan fingerprint density at radius 1 is 1.21 bits per heavy atom. The normalized spacial score (nSPS) is 19.9. The Morgan fingerprint density at radius 3 is 2.79 bits per heavy atom. The van der Waals surface area contributed by atoms with Crippen molar-refractivity contribution in [1.29, 1.82) is 0 Å². The number of carbonyl (C=O) groups is 2. The van der Waals surface area contributed by atoms with Crippen molar-refractivity contribution in [3.8, 4) is 0 Å². The maximum atomic E-state index is 12.6. The molecule has 9 heteroatoms. The number of hydrogen-bond donors (Lipinski definition) is 4. The molecule has 1 aliphatic rings. The molecule has 3 heterocycles. The van der Waals surface area contributed by atoms with Gasteiger partial charge in [-0.15, -0.1) is 0 Å². The Hall–Kier alpha value is -3.46. The van der Waals surface area contributed by atoms with Crippen LogP contribution in [-0.4, -0.2) is 51.3 Å². The molecule has 5 N–H and O–H groups in total. The van der Waals surface area contributed by atoms with Crippen LogP contribution < -0.4 is 16.7 Å². The molecule has 29 heavy (non-hydrogen) atoms. The molecular formula is C20H22N6O3. The first-order valence-corrected chi connectivity index (χ1v) is 9.42. The van der Waals surface area contributed by atoms with Gasteiger partial charge < -0.3 is 21.0 Å². The summed E-state index contributed by atoms with van der Waals surface area (Å²) in [4.78, 5) is 47.9. The Balaban J connectivity index is 1.47. The number of pyridine rings is 1. The highest BCUT2D eigenvalue weighted by atomic mass is 16.2. The molecule has 0 aliphatic carbocycles. The van der Waals surface area contributed by atoms with Crippen LogP contribution in [0.2, 0.25) is 0 Å². The number of imidazole rings is 1. The van der Waals surface area contributed by atoms with E-state index in [0.29, 0.717) is 41.9 Å². The molecule has 2 aromatic heterocycles. The fourth-order valence-electron chi connectivity index (χ4n) is 3.98. The number of nitrogens with two attached hydrogens (primary N) is 1. The zero-order valence-corrected chi connectivity index (χ0v) is 15.8. The monoisotopic (exact) mass is 394 g/mol. The first kappa shape index (κ1) is 18.9. The van der Waals surface area contributed by atoms with E-state index in [1.165, 1.54) is 0 Å². The number of anilines is 1. The van der Waals surface area contributed by atoms with Gasteiger partial charge in [0.15, 0.2) is 0 Å². The van der Waals surface area contributed by atoms with Gasteiger partial charge in [-0.3, -0.25) is 19.5 Å². The Kier molecular flexibility index (Phi) is 4.89. The summed E-state index contributed by atoms with van der Waals surface area (Å²) in [7, 11) is 0. The quantitative estimate of drug-likeness (QED) is 0.505. The third-order valence-electron chi connectivity index (χ3n) is 5.37. The average molecular weight is 394 g/mol. The van der Waals surface area contributed by atoms with E-state index in [-0.39, 0.29) is 18.1 Å². The third-order valence-corrected chi connectivity index (χ3v) is 5.37. The number of fused-ring (bicyclic) bond motifs is 1. The van der Waals surface area contributed by atoms with Crippen LogP contribution in [0.4, 0.5) is 5.69 Å². The summed E-state index contributed by atoms with van der Waals surface area (Å²) in [6.45, 7) is 1.17. The molecule has 0 spiro atoms. The van der Waals surface area contributed by atoms with Gasteiger partial charge in [0.05, 0.1) is 23.3 Å². The molecule has 9 nitrogen and oxygen atoms in total. The number of nitrogens with zero attached hydrogens (tertiary/aromatic N) is 2. The lowest BCUT2D eigenvalue weighted by Crippen LogP contribution is -2.55. The van der Waals surface area contributed by atoms with Gasteiger partial charge in [0, 0.05) is 18.4 Å². The Bertz CT molecular complexity index is 1110. The molecule has 1 aliphatic heterocycles. The predicted octanol–water partition coefficient (Wildman–Crippen LogP) is 0.709. The summed E-state index contributed by atoms with van der Waals surface area (Å²) < 4.78 is 0. The fraction of sp³-hybridized carbons (Fsp3) is 0.300. The highest BCUT2D eigenvalue weighted by Crippen LogP contribution is 2.32. The van der Waals surface area contributed by atoms with Crippen molar-refractivity contribution in [2.24, 2.45) is 5.73 Å². The number of amides is 2. The van der Waals surface area contributed by atoms with Crippen molar-refractivity contribution in [2.75, 3.05) is 25.0 Å². The summed E-state index contributed by atoms with van der Waals surface area (Å²) in [5, 5.41) is 2.84. The number of nitrogens with one attached hydrogen (secondary N) is 3. The summed E-state index contributed by atoms with van der Waals surface area (Å²) in [5.74, 6) is -0.633. The molecule has 1 atom stereocenters. The fourth-order valence-corrected chi connectivity index (χ4v) is 3.98. The SMILES string of the molecule is NC(=O)C1(c2ccccn2)CCCN(CC(=O)Nc2ccc3[nH]c(=O)[nH]c3c2)C1. The highest BCUT2D eigenvalue weighted by Gasteiger charge is 2.43. The van der Waals surface area contributed by atoms with Gasteiger partial charge in [-0.2, -0.15) is 0 Å². The zero-order chi connectivity index (χ0) is 20.4. The van der Waals surface area contributed by atoms with Crippen LogP contribution in [0.25, 0.3) is 11.0 Å². The van der Waals surface area contributed by atoms with Gasteiger partial charge in [0.1, 0.15) is 5.41 Å². The van der Waals surface area contributed by atoms with E-state index < -0.39 is 11.3 Å². The Morgan fingerprint density at radius 2 is 2.03 bits per heavy atom. The van der Waals surface area contributed by atoms with Gasteiger partial charge in [0.2, 0.25) is 11.8 Å². The molecule has 1 saturated heterocycles. The molecule has 4 rings (SSSR count). The minimum absolute atomic E-state index is 0.129. The van der Waals surface area contributed by atoms with Gasteiger partial charge in [-0.25, -0.2) is 4.79 Å². The van der Waals surface area contributed by atoms with Crippen molar-refractivity contribution in [3.63, 3.8) is 0 Å². The van der Waals surface area contributed by atoms with Crippen molar-refractivity contribution < 1.29 is 9.59 Å². The van der Waals surface area contributed by atoms with Crippen LogP contribution in [0.3, 0.4) is 0 Å². The van der Waals surface area contributed by atoms with Crippen molar-refractivity contribution in [1.82, 2.24) is 19.9 Å². The molecule has 0 radical (unpaired) electrons. The van der Waals surface area contributed by atoms with E-state index in [4.69, 9.17) is 5.73 Å². The van der Waals surface area contributed by atoms with E-state index in [0.717, 1.165) is 6.42 Å². The number of primary amides is 1. The summed E-state index contributed by atoms with van der Waals surface area (Å²) in [5.41, 5.74) is 7.08. The van der Waals surface area contributed by atoms with E-state index in [1.807, 2.05) is 11.0 Å². The molecular weight excluding hydrogens is 372 g/mol. The van der Waals surface area contributed by atoms with Crippen molar-refractivity contribution in [3.05, 3.63) is 58.8 Å². The predicted molar refractivity (Wildman–Crippen MR) is 108 cm³/mol. The topological polar surface area (TPSA) is 137 Å². The minimum atomic E-state index is -0.899. The standard InChI is InChI=1S/C20H22N6O3/c21-18(28)20(16-4-1-2-8-22-16)7-3-9-26(12-20)11-17(27)23-13-5-6-14-15(10-13)25-19(29)24-14/h1-2,4-6,8,10H,3,7,9,11-12H2,(H2,21,28)(H,23,27)(H2,24,25,29). The second-order valence-corrected chi connectivity index (χ2v) is 7.36. The summed E-state index contributed by atoms with van der Waals surface area (Å²) >= 11 is 0. The lowest BCUT2D eigenvalue weighted by molar-refractivity contribution is -0.127. The van der Waals surface area contributed by atoms with Crippen molar-refractivity contribution >= 4 is 28.5 Å². The first-order valence-electron chi connectivity index (χ1n) is 9.42. The number of aromatic amines is 2. The molecule has 1 aromatic carbocycles. The van der Waals surface area contributed by atoms with Gasteiger partial charge in [-0.05, 0) is 49.7 Å². The lowest BCUT2D eigenvalue weighted by Gasteiger charge is -2.40. The summed E-state index contributed by atoms with van der Waals surface area (Å²) in [6, 6.07) is 10.6. The molecule has 3 aromatic rings. The van der Waals surface area contributed by atoms with E-state index in [1.54, 1.807) is 36.5 Å². The zero-order valence-electron chi connectivity index (χ0n) is 15.8. The lowest BCUT2D eigenvalue weighted by atomic mass is 9.76. The number of H-pyrrole nitrogens is 2. The molecule has 150 valence electrons. The minimum Gasteiger partial charge on any atom is -0.369 e. The maximum Gasteiger partial charge on any atom is 0.323 e. The number of aromatic nitrogens is 3. The first-order chi connectivity index (χ1) is 14.0. The van der Waals surface area contributed by atoms with Crippen LogP contribution in [0.1, 0.15) is 18.5 Å². The average Bonchev–Trinajstić information content (AvgIpc) is 3.08. The van der Waals surface area contributed by atoms with E-state index >= 15 is 0 Å². The molecule has 0 saturated carbocycles. The number of carbonyl (C=O) groups excluding carboxylic acids is 2.